The summed E-state index contributed by atoms with van der Waals surface area (Å²) in [5.41, 5.74) is 1.47. The summed E-state index contributed by atoms with van der Waals surface area (Å²) in [4.78, 5) is 9.92. The van der Waals surface area contributed by atoms with Crippen LogP contribution in [0.15, 0.2) is 47.8 Å². The molecule has 12 heteroatoms. The van der Waals surface area contributed by atoms with Crippen LogP contribution in [0.4, 0.5) is 0 Å². The normalized spacial score (nSPS) is 11.5. The van der Waals surface area contributed by atoms with E-state index in [4.69, 9.17) is 23.8 Å². The Balaban J connectivity index is 0.00000432. The Bertz CT molecular complexity index is 1300. The number of methoxy groups -OCH3 is 4. The fraction of sp³-hybridized carbons (Fsp3) is 0.304. The number of pyridine rings is 1. The van der Waals surface area contributed by atoms with Gasteiger partial charge < -0.3 is 28.3 Å². The van der Waals surface area contributed by atoms with Crippen molar-refractivity contribution in [1.29, 1.82) is 0 Å². The van der Waals surface area contributed by atoms with Crippen LogP contribution in [0.1, 0.15) is 17.7 Å². The Morgan fingerprint density at radius 3 is 2.17 bits per heavy atom. The monoisotopic (exact) mass is 528 g/mol. The van der Waals surface area contributed by atoms with Gasteiger partial charge in [-0.05, 0) is 48.2 Å². The summed E-state index contributed by atoms with van der Waals surface area (Å²) in [6, 6.07) is 10.7. The first kappa shape index (κ1) is 29.3. The van der Waals surface area contributed by atoms with Gasteiger partial charge in [-0.2, -0.15) is 0 Å². The van der Waals surface area contributed by atoms with Crippen molar-refractivity contribution in [2.24, 2.45) is 5.16 Å². The number of hydrogen-bond acceptors (Lipinski definition) is 10. The fourth-order valence-electron chi connectivity index (χ4n) is 3.31. The second-order valence-electron chi connectivity index (χ2n) is 7.05. The molecule has 10 nitrogen and oxygen atoms in total. The summed E-state index contributed by atoms with van der Waals surface area (Å²) in [6.45, 7) is -0.0693. The van der Waals surface area contributed by atoms with Gasteiger partial charge in [0.2, 0.25) is 0 Å². The molecule has 35 heavy (non-hydrogen) atoms. The Morgan fingerprint density at radius 1 is 0.914 bits per heavy atom. The van der Waals surface area contributed by atoms with Crippen molar-refractivity contribution in [3.63, 3.8) is 0 Å². The van der Waals surface area contributed by atoms with Crippen LogP contribution in [0.3, 0.4) is 0 Å². The molecule has 182 valence electrons. The second-order valence-corrected chi connectivity index (χ2v) is 8.57. The number of benzene rings is 2. The van der Waals surface area contributed by atoms with Gasteiger partial charge in [-0.15, -0.1) is 0 Å². The average molecular weight is 529 g/mol. The minimum Gasteiger partial charge on any atom is -0.748 e. The molecule has 0 spiro atoms. The van der Waals surface area contributed by atoms with E-state index in [0.717, 1.165) is 10.8 Å². The Morgan fingerprint density at radius 2 is 1.54 bits per heavy atom. The first-order valence-electron chi connectivity index (χ1n) is 10.2. The smallest absolute Gasteiger partial charge is 0.748 e. The zero-order chi connectivity index (χ0) is 24.7. The third-order valence-electron chi connectivity index (χ3n) is 4.94. The first-order chi connectivity index (χ1) is 16.3. The van der Waals surface area contributed by atoms with Gasteiger partial charge in [-0.1, -0.05) is 5.16 Å². The van der Waals surface area contributed by atoms with E-state index in [2.05, 4.69) is 10.1 Å². The number of oxime groups is 1. The van der Waals surface area contributed by atoms with E-state index in [0.29, 0.717) is 40.0 Å². The predicted octanol–water partition coefficient (Wildman–Crippen LogP) is -0.0225. The number of rotatable bonds is 11. The maximum Gasteiger partial charge on any atom is 1.00 e. The van der Waals surface area contributed by atoms with Crippen molar-refractivity contribution >= 4 is 26.6 Å². The van der Waals surface area contributed by atoms with Crippen LogP contribution in [-0.2, 0) is 15.0 Å². The Kier molecular flexibility index (Phi) is 11.2. The van der Waals surface area contributed by atoms with Crippen molar-refractivity contribution in [3.05, 3.63) is 53.9 Å². The standard InChI is InChI=1S/C23H26N2O8S.K/c1-29-18-7-6-16(13-19(18)30-2)22(25-33-10-5-11-34(26,27)28)23-17-14-21(32-4)20(31-3)12-15(17)8-9-24-23;/h6-9,12-14H,5,10-11H2,1-4H3,(H,26,27,28);/q;+1/p-1/b25-22+;. The molecular weight excluding hydrogens is 503 g/mol. The van der Waals surface area contributed by atoms with Crippen LogP contribution < -0.4 is 70.3 Å². The summed E-state index contributed by atoms with van der Waals surface area (Å²) in [6.07, 6.45) is 1.63. The molecule has 0 radical (unpaired) electrons. The number of fused-ring (bicyclic) bond motifs is 1. The summed E-state index contributed by atoms with van der Waals surface area (Å²) in [5, 5.41) is 5.80. The van der Waals surface area contributed by atoms with Gasteiger partial charge in [0.05, 0.1) is 38.6 Å². The number of aromatic nitrogens is 1. The van der Waals surface area contributed by atoms with Crippen LogP contribution >= 0.6 is 0 Å². The van der Waals surface area contributed by atoms with E-state index in [-0.39, 0.29) is 64.4 Å². The van der Waals surface area contributed by atoms with Crippen LogP contribution in [0.2, 0.25) is 0 Å². The van der Waals surface area contributed by atoms with Gasteiger partial charge in [0.15, 0.2) is 23.0 Å². The van der Waals surface area contributed by atoms with Gasteiger partial charge in [-0.25, -0.2) is 8.42 Å². The van der Waals surface area contributed by atoms with Gasteiger partial charge in [0.1, 0.15) is 18.0 Å². The van der Waals surface area contributed by atoms with Crippen molar-refractivity contribution in [2.45, 2.75) is 6.42 Å². The molecule has 0 unspecified atom stereocenters. The Labute approximate surface area is 246 Å². The van der Waals surface area contributed by atoms with Crippen molar-refractivity contribution in [3.8, 4) is 23.0 Å². The van der Waals surface area contributed by atoms with E-state index in [1.807, 2.05) is 12.1 Å². The van der Waals surface area contributed by atoms with E-state index in [1.165, 1.54) is 21.3 Å². The number of hydrogen-bond donors (Lipinski definition) is 0. The topological polar surface area (TPSA) is 129 Å². The molecule has 3 aromatic rings. The summed E-state index contributed by atoms with van der Waals surface area (Å²) >= 11 is 0. The molecule has 0 aliphatic rings. The van der Waals surface area contributed by atoms with Gasteiger partial charge in [0.25, 0.3) is 0 Å². The molecule has 0 atom stereocenters. The van der Waals surface area contributed by atoms with Crippen LogP contribution in [-0.4, -0.2) is 64.5 Å². The maximum atomic E-state index is 10.9. The third-order valence-corrected chi connectivity index (χ3v) is 5.72. The van der Waals surface area contributed by atoms with Crippen molar-refractivity contribution < 1.29 is 88.1 Å². The van der Waals surface area contributed by atoms with Crippen molar-refractivity contribution in [1.82, 2.24) is 4.98 Å². The predicted molar refractivity (Wildman–Crippen MR) is 125 cm³/mol. The molecular formula is C23H25KN2O8S. The van der Waals surface area contributed by atoms with E-state index >= 15 is 0 Å². The largest absolute Gasteiger partial charge is 1.00 e. The van der Waals surface area contributed by atoms with Crippen LogP contribution in [0.25, 0.3) is 10.8 Å². The molecule has 0 saturated heterocycles. The van der Waals surface area contributed by atoms with Gasteiger partial charge in [0, 0.05) is 22.9 Å². The molecule has 0 aliphatic heterocycles. The van der Waals surface area contributed by atoms with E-state index < -0.39 is 15.9 Å². The minimum atomic E-state index is -4.34. The van der Waals surface area contributed by atoms with Gasteiger partial charge in [-0.3, -0.25) is 4.98 Å². The van der Waals surface area contributed by atoms with E-state index in [1.54, 1.807) is 37.6 Å². The third kappa shape index (κ3) is 7.52. The second kappa shape index (κ2) is 13.4. The maximum absolute atomic E-state index is 10.9. The molecule has 0 saturated carbocycles. The molecule has 0 amide bonds. The zero-order valence-electron chi connectivity index (χ0n) is 20.2. The first-order valence-corrected chi connectivity index (χ1v) is 11.8. The van der Waals surface area contributed by atoms with Crippen molar-refractivity contribution in [2.75, 3.05) is 40.8 Å². The van der Waals surface area contributed by atoms with Gasteiger partial charge >= 0.3 is 51.4 Å². The summed E-state index contributed by atoms with van der Waals surface area (Å²) in [5.74, 6) is 1.54. The molecule has 0 N–H and O–H groups in total. The minimum absolute atomic E-state index is 0. The number of nitrogens with zero attached hydrogens (tertiary/aromatic N) is 2. The Hall–Kier alpha value is -1.93. The molecule has 2 aromatic carbocycles. The summed E-state index contributed by atoms with van der Waals surface area (Å²) < 4.78 is 54.2. The molecule has 3 rings (SSSR count). The molecule has 0 bridgehead atoms. The molecule has 1 aromatic heterocycles. The number of ether oxygens (including phenoxy) is 4. The van der Waals surface area contributed by atoms with Crippen LogP contribution in [0, 0.1) is 0 Å². The molecule has 0 fully saturated rings. The molecule has 1 heterocycles. The quantitative estimate of drug-likeness (QED) is 0.111. The SMILES string of the molecule is COc1ccc(/C(=N\OCCCS(=O)(=O)[O-])c2nccc3cc(OC)c(OC)cc23)cc1OC.[K+]. The molecule has 0 aliphatic carbocycles. The van der Waals surface area contributed by atoms with E-state index in [9.17, 15) is 13.0 Å². The average Bonchev–Trinajstić information content (AvgIpc) is 2.84. The van der Waals surface area contributed by atoms with Crippen LogP contribution in [0.5, 0.6) is 23.0 Å². The summed E-state index contributed by atoms with van der Waals surface area (Å²) in [7, 11) is 1.81. The fourth-order valence-corrected chi connectivity index (χ4v) is 3.79. The zero-order valence-corrected chi connectivity index (χ0v) is 24.2.